The molecule has 1 N–H and O–H groups in total. The number of halogens is 3. The first-order valence-corrected chi connectivity index (χ1v) is 8.83. The molecule has 1 unspecified atom stereocenters. The van der Waals surface area contributed by atoms with E-state index in [2.05, 4.69) is 20.7 Å². The molecule has 1 rings (SSSR count). The van der Waals surface area contributed by atoms with Crippen molar-refractivity contribution in [1.29, 1.82) is 0 Å². The van der Waals surface area contributed by atoms with Gasteiger partial charge in [-0.1, -0.05) is 53.0 Å². The van der Waals surface area contributed by atoms with Gasteiger partial charge in [0.05, 0.1) is 10.0 Å². The molecule has 0 bridgehead atoms. The fourth-order valence-electron chi connectivity index (χ4n) is 1.86. The summed E-state index contributed by atoms with van der Waals surface area (Å²) in [6, 6.07) is 2.84. The molecule has 0 aliphatic heterocycles. The molecule has 0 heterocycles. The van der Waals surface area contributed by atoms with E-state index in [1.807, 2.05) is 20.8 Å². The van der Waals surface area contributed by atoms with Crippen molar-refractivity contribution in [3.05, 3.63) is 26.7 Å². The zero-order valence-electron chi connectivity index (χ0n) is 10.9. The van der Waals surface area contributed by atoms with Crippen molar-refractivity contribution in [2.24, 2.45) is 5.92 Å². The number of benzene rings is 1. The van der Waals surface area contributed by atoms with Crippen LogP contribution in [-0.2, 0) is 10.0 Å². The third kappa shape index (κ3) is 4.90. The van der Waals surface area contributed by atoms with Crippen LogP contribution in [0.1, 0.15) is 27.2 Å². The molecular weight excluding hydrogens is 373 g/mol. The van der Waals surface area contributed by atoms with Crippen LogP contribution in [0.2, 0.25) is 10.0 Å². The van der Waals surface area contributed by atoms with Crippen molar-refractivity contribution in [3.8, 4) is 0 Å². The summed E-state index contributed by atoms with van der Waals surface area (Å²) in [5.74, 6) is 0.397. The second kappa shape index (κ2) is 6.76. The standard InChI is InChI=1S/C12H16BrCl2NO2S/c1-7(2)4-8(3)16-19(17,18)12-10(14)5-9(13)6-11(12)15/h5-8,16H,4H2,1-3H3. The molecule has 0 saturated carbocycles. The van der Waals surface area contributed by atoms with Gasteiger partial charge < -0.3 is 0 Å². The van der Waals surface area contributed by atoms with Crippen LogP contribution in [0.15, 0.2) is 21.5 Å². The van der Waals surface area contributed by atoms with E-state index in [-0.39, 0.29) is 21.0 Å². The number of hydrogen-bond donors (Lipinski definition) is 1. The van der Waals surface area contributed by atoms with Crippen molar-refractivity contribution >= 4 is 49.2 Å². The molecule has 0 saturated heterocycles. The largest absolute Gasteiger partial charge is 0.243 e. The SMILES string of the molecule is CC(C)CC(C)NS(=O)(=O)c1c(Cl)cc(Br)cc1Cl. The summed E-state index contributed by atoms with van der Waals surface area (Å²) in [5, 5.41) is 0.201. The second-order valence-electron chi connectivity index (χ2n) is 4.85. The van der Waals surface area contributed by atoms with E-state index in [1.54, 1.807) is 0 Å². The van der Waals surface area contributed by atoms with Crippen LogP contribution < -0.4 is 4.72 Å². The van der Waals surface area contributed by atoms with Gasteiger partial charge in [-0.3, -0.25) is 0 Å². The van der Waals surface area contributed by atoms with Gasteiger partial charge in [-0.25, -0.2) is 13.1 Å². The van der Waals surface area contributed by atoms with Gasteiger partial charge in [0, 0.05) is 10.5 Å². The van der Waals surface area contributed by atoms with E-state index in [0.29, 0.717) is 10.4 Å². The van der Waals surface area contributed by atoms with Crippen molar-refractivity contribution in [3.63, 3.8) is 0 Å². The summed E-state index contributed by atoms with van der Waals surface area (Å²) in [5.41, 5.74) is 0. The first-order valence-electron chi connectivity index (χ1n) is 5.80. The van der Waals surface area contributed by atoms with Gasteiger partial charge in [0.25, 0.3) is 0 Å². The molecular formula is C12H16BrCl2NO2S. The molecule has 0 radical (unpaired) electrons. The Morgan fingerprint density at radius 3 is 2.11 bits per heavy atom. The highest BCUT2D eigenvalue weighted by Gasteiger charge is 2.24. The average Bonchev–Trinajstić information content (AvgIpc) is 2.10. The number of hydrogen-bond acceptors (Lipinski definition) is 2. The highest BCUT2D eigenvalue weighted by molar-refractivity contribution is 9.10. The minimum absolute atomic E-state index is 0.0744. The molecule has 1 aromatic carbocycles. The van der Waals surface area contributed by atoms with Gasteiger partial charge in [0.2, 0.25) is 10.0 Å². The molecule has 3 nitrogen and oxygen atoms in total. The van der Waals surface area contributed by atoms with Crippen LogP contribution in [0.25, 0.3) is 0 Å². The Hall–Kier alpha value is 0.190. The van der Waals surface area contributed by atoms with Gasteiger partial charge in [-0.2, -0.15) is 0 Å². The van der Waals surface area contributed by atoms with Crippen LogP contribution in [0, 0.1) is 5.92 Å². The van der Waals surface area contributed by atoms with Gasteiger partial charge in [-0.15, -0.1) is 0 Å². The number of sulfonamides is 1. The van der Waals surface area contributed by atoms with E-state index in [4.69, 9.17) is 23.2 Å². The topological polar surface area (TPSA) is 46.2 Å². The lowest BCUT2D eigenvalue weighted by atomic mass is 10.1. The molecule has 0 aliphatic carbocycles. The molecule has 108 valence electrons. The zero-order chi connectivity index (χ0) is 14.8. The summed E-state index contributed by atoms with van der Waals surface area (Å²) in [6.07, 6.45) is 0.741. The maximum atomic E-state index is 12.3. The van der Waals surface area contributed by atoms with Crippen LogP contribution >= 0.6 is 39.1 Å². The van der Waals surface area contributed by atoms with E-state index in [9.17, 15) is 8.42 Å². The van der Waals surface area contributed by atoms with Crippen LogP contribution in [-0.4, -0.2) is 14.5 Å². The minimum Gasteiger partial charge on any atom is -0.208 e. The maximum absolute atomic E-state index is 12.3. The van der Waals surface area contributed by atoms with Gasteiger partial charge in [0.1, 0.15) is 4.90 Å². The minimum atomic E-state index is -3.72. The molecule has 0 aromatic heterocycles. The first kappa shape index (κ1) is 17.2. The molecule has 0 fully saturated rings. The summed E-state index contributed by atoms with van der Waals surface area (Å²) in [4.78, 5) is -0.0744. The molecule has 19 heavy (non-hydrogen) atoms. The smallest absolute Gasteiger partial charge is 0.208 e. The van der Waals surface area contributed by atoms with E-state index < -0.39 is 10.0 Å². The van der Waals surface area contributed by atoms with Crippen molar-refractivity contribution in [2.75, 3.05) is 0 Å². The lowest BCUT2D eigenvalue weighted by Crippen LogP contribution is -2.33. The number of rotatable bonds is 5. The Bertz CT molecular complexity index is 538. The summed E-state index contributed by atoms with van der Waals surface area (Å²) in [7, 11) is -3.72. The normalized spacial score (nSPS) is 13.8. The summed E-state index contributed by atoms with van der Waals surface area (Å²) < 4.78 is 27.8. The predicted octanol–water partition coefficient (Wildman–Crippen LogP) is 4.47. The molecule has 0 aliphatic rings. The fraction of sp³-hybridized carbons (Fsp3) is 0.500. The Labute approximate surface area is 132 Å². The van der Waals surface area contributed by atoms with Gasteiger partial charge >= 0.3 is 0 Å². The van der Waals surface area contributed by atoms with Gasteiger partial charge in [0.15, 0.2) is 0 Å². The third-order valence-corrected chi connectivity index (χ3v) is 5.38. The molecule has 1 atom stereocenters. The lowest BCUT2D eigenvalue weighted by molar-refractivity contribution is 0.482. The molecule has 1 aromatic rings. The molecule has 0 spiro atoms. The van der Waals surface area contributed by atoms with Gasteiger partial charge in [-0.05, 0) is 31.4 Å². The van der Waals surface area contributed by atoms with Crippen LogP contribution in [0.5, 0.6) is 0 Å². The van der Waals surface area contributed by atoms with Crippen LogP contribution in [0.3, 0.4) is 0 Å². The first-order chi connectivity index (χ1) is 8.63. The fourth-order valence-corrected chi connectivity index (χ4v) is 5.06. The highest BCUT2D eigenvalue weighted by atomic mass is 79.9. The Morgan fingerprint density at radius 1 is 1.21 bits per heavy atom. The van der Waals surface area contributed by atoms with Crippen molar-refractivity contribution in [1.82, 2.24) is 4.72 Å². The van der Waals surface area contributed by atoms with E-state index >= 15 is 0 Å². The molecule has 7 heteroatoms. The maximum Gasteiger partial charge on any atom is 0.243 e. The lowest BCUT2D eigenvalue weighted by Gasteiger charge is -2.17. The Morgan fingerprint density at radius 2 is 1.68 bits per heavy atom. The predicted molar refractivity (Wildman–Crippen MR) is 83.4 cm³/mol. The zero-order valence-corrected chi connectivity index (χ0v) is 14.8. The van der Waals surface area contributed by atoms with Crippen molar-refractivity contribution in [2.45, 2.75) is 38.1 Å². The Kier molecular flexibility index (Phi) is 6.14. The van der Waals surface area contributed by atoms with E-state index in [1.165, 1.54) is 12.1 Å². The summed E-state index contributed by atoms with van der Waals surface area (Å²) in [6.45, 7) is 5.88. The third-order valence-electron chi connectivity index (χ3n) is 2.41. The molecule has 0 amide bonds. The quantitative estimate of drug-likeness (QED) is 0.808. The number of nitrogens with one attached hydrogen (secondary N) is 1. The Balaban J connectivity index is 3.08. The summed E-state index contributed by atoms with van der Waals surface area (Å²) >= 11 is 15.2. The monoisotopic (exact) mass is 387 g/mol. The highest BCUT2D eigenvalue weighted by Crippen LogP contribution is 2.32. The second-order valence-corrected chi connectivity index (χ2v) is 8.23. The van der Waals surface area contributed by atoms with Crippen LogP contribution in [0.4, 0.5) is 0 Å². The van der Waals surface area contributed by atoms with E-state index in [0.717, 1.165) is 6.42 Å². The van der Waals surface area contributed by atoms with Crippen molar-refractivity contribution < 1.29 is 8.42 Å². The average molecular weight is 389 g/mol.